The molecular weight excluding hydrogens is 522 g/mol. The first-order valence-corrected chi connectivity index (χ1v) is 15.4. The smallest absolute Gasteiger partial charge is 0.252 e. The Labute approximate surface area is 244 Å². The lowest BCUT2D eigenvalue weighted by molar-refractivity contribution is -0.110. The van der Waals surface area contributed by atoms with Crippen molar-refractivity contribution in [3.05, 3.63) is 59.7 Å². The molecule has 2 fully saturated rings. The Morgan fingerprint density at radius 1 is 1.07 bits per heavy atom. The normalized spacial score (nSPS) is 20.7. The number of thioether (sulfide) groups is 1. The van der Waals surface area contributed by atoms with Crippen LogP contribution in [0.1, 0.15) is 68.8 Å². The van der Waals surface area contributed by atoms with Crippen LogP contribution in [0.4, 0.5) is 0 Å². The van der Waals surface area contributed by atoms with Gasteiger partial charge in [0, 0.05) is 40.4 Å². The van der Waals surface area contributed by atoms with Crippen LogP contribution in [0.3, 0.4) is 0 Å². The molecule has 0 radical (unpaired) electrons. The number of rotatable bonds is 9. The van der Waals surface area contributed by atoms with Gasteiger partial charge < -0.3 is 25.7 Å². The van der Waals surface area contributed by atoms with Crippen LogP contribution in [0.2, 0.25) is 0 Å². The van der Waals surface area contributed by atoms with Gasteiger partial charge in [-0.25, -0.2) is 0 Å². The molecule has 4 atom stereocenters. The van der Waals surface area contributed by atoms with Crippen molar-refractivity contribution in [3.8, 4) is 5.75 Å². The zero-order valence-corrected chi connectivity index (χ0v) is 25.3. The van der Waals surface area contributed by atoms with Crippen LogP contribution in [0, 0.1) is 18.8 Å². The lowest BCUT2D eigenvalue weighted by Crippen LogP contribution is -2.52. The minimum absolute atomic E-state index is 0.0677. The fraction of sp³-hybridized carbons (Fsp3) is 0.562. The monoisotopic (exact) mass is 569 g/mol. The number of fused-ring (bicyclic) bond motifs is 1. The van der Waals surface area contributed by atoms with E-state index in [1.807, 2.05) is 51.1 Å². The van der Waals surface area contributed by atoms with E-state index in [4.69, 9.17) is 0 Å². The summed E-state index contributed by atoms with van der Waals surface area (Å²) in [7, 11) is 0. The number of benzene rings is 2. The van der Waals surface area contributed by atoms with Gasteiger partial charge in [-0.2, -0.15) is 0 Å². The average Bonchev–Trinajstić information content (AvgIpc) is 2.92. The third-order valence-corrected chi connectivity index (χ3v) is 8.95. The SMILES string of the molecule is CC(C)(C)NC=O.Cc1c(O)cccc1C(=O)N[C@@H](CSc1ccccc1)[C@H](O)CN1CC[C@@H]2CCCC[C@@H]2C1. The predicted molar refractivity (Wildman–Crippen MR) is 163 cm³/mol. The summed E-state index contributed by atoms with van der Waals surface area (Å²) < 4.78 is 0. The van der Waals surface area contributed by atoms with E-state index >= 15 is 0 Å². The molecule has 1 aliphatic heterocycles. The number of aromatic hydroxyl groups is 1. The van der Waals surface area contributed by atoms with Gasteiger partial charge >= 0.3 is 0 Å². The Morgan fingerprint density at radius 3 is 2.42 bits per heavy atom. The van der Waals surface area contributed by atoms with E-state index in [0.29, 0.717) is 29.8 Å². The quantitative estimate of drug-likeness (QED) is 0.251. The third-order valence-electron chi connectivity index (χ3n) is 7.82. The van der Waals surface area contributed by atoms with Gasteiger partial charge in [-0.15, -0.1) is 11.8 Å². The number of carbonyl (C=O) groups excluding carboxylic acids is 2. The van der Waals surface area contributed by atoms with E-state index in [1.54, 1.807) is 36.9 Å². The minimum atomic E-state index is -0.664. The molecule has 2 amide bonds. The summed E-state index contributed by atoms with van der Waals surface area (Å²) in [6.07, 6.45) is 6.61. The molecule has 7 nitrogen and oxygen atoms in total. The fourth-order valence-corrected chi connectivity index (χ4v) is 6.50. The van der Waals surface area contributed by atoms with E-state index in [1.165, 1.54) is 32.1 Å². The zero-order chi connectivity index (χ0) is 29.1. The number of β-amino-alcohol motifs (C(OH)–C–C–N with tert-alkyl or cyclic N) is 1. The molecule has 1 saturated carbocycles. The Morgan fingerprint density at radius 2 is 1.77 bits per heavy atom. The third kappa shape index (κ3) is 10.1. The van der Waals surface area contributed by atoms with E-state index in [2.05, 4.69) is 15.5 Å². The maximum absolute atomic E-state index is 13.1. The molecule has 40 heavy (non-hydrogen) atoms. The van der Waals surface area contributed by atoms with E-state index in [9.17, 15) is 19.8 Å². The van der Waals surface area contributed by atoms with Crippen LogP contribution >= 0.6 is 11.8 Å². The molecule has 0 spiro atoms. The summed E-state index contributed by atoms with van der Waals surface area (Å²) in [5.74, 6) is 2.03. The molecular formula is C32H47N3O4S. The van der Waals surface area contributed by atoms with Gasteiger partial charge in [-0.05, 0) is 83.2 Å². The Balaban J connectivity index is 0.000000559. The zero-order valence-electron chi connectivity index (χ0n) is 24.4. The highest BCUT2D eigenvalue weighted by Gasteiger charge is 2.33. The number of aliphatic hydroxyl groups is 1. The maximum atomic E-state index is 13.1. The summed E-state index contributed by atoms with van der Waals surface area (Å²) in [5.41, 5.74) is 0.931. The second-order valence-electron chi connectivity index (χ2n) is 12.1. The molecule has 0 aromatic heterocycles. The fourth-order valence-electron chi connectivity index (χ4n) is 5.48. The molecule has 0 unspecified atom stereocenters. The van der Waals surface area contributed by atoms with E-state index < -0.39 is 12.1 Å². The Kier molecular flexibility index (Phi) is 12.3. The Bertz CT molecular complexity index is 1080. The van der Waals surface area contributed by atoms with Crippen LogP contribution in [-0.2, 0) is 4.79 Å². The van der Waals surface area contributed by atoms with Crippen molar-refractivity contribution in [3.63, 3.8) is 0 Å². The molecule has 2 aromatic rings. The van der Waals surface area contributed by atoms with Crippen molar-refractivity contribution in [1.82, 2.24) is 15.5 Å². The van der Waals surface area contributed by atoms with Crippen molar-refractivity contribution >= 4 is 24.1 Å². The summed E-state index contributed by atoms with van der Waals surface area (Å²) in [6, 6.07) is 14.6. The number of hydrogen-bond donors (Lipinski definition) is 4. The van der Waals surface area contributed by atoms with Crippen molar-refractivity contribution in [2.75, 3.05) is 25.4 Å². The van der Waals surface area contributed by atoms with Gasteiger partial charge in [0.05, 0.1) is 12.1 Å². The van der Waals surface area contributed by atoms with Gasteiger partial charge in [-0.1, -0.05) is 43.5 Å². The number of likely N-dealkylation sites (tertiary alicyclic amines) is 1. The van der Waals surface area contributed by atoms with Crippen molar-refractivity contribution in [2.45, 2.75) is 82.4 Å². The number of aliphatic hydroxyl groups excluding tert-OH is 1. The van der Waals surface area contributed by atoms with Gasteiger partial charge in [0.1, 0.15) is 5.75 Å². The number of phenolic OH excluding ortho intramolecular Hbond substituents is 1. The standard InChI is InChI=1S/C27H36N2O3S.C5H11NO/c1-19-23(12-7-13-25(19)30)27(32)28-24(18-33-22-10-3-2-4-11-22)26(31)17-29-15-14-20-8-5-6-9-21(20)16-29;1-5(2,3)6-4-7/h2-4,7,10-13,20-21,24,26,30-31H,5-6,8-9,14-18H2,1H3,(H,28,32);4H,1-3H3,(H,6,7)/t20-,21+,24-,26+;/m0./s1. The summed E-state index contributed by atoms with van der Waals surface area (Å²) in [5, 5.41) is 26.9. The molecule has 220 valence electrons. The number of nitrogens with zero attached hydrogens (tertiary/aromatic N) is 1. The van der Waals surface area contributed by atoms with E-state index in [-0.39, 0.29) is 17.2 Å². The molecule has 2 aliphatic rings. The molecule has 1 heterocycles. The molecule has 0 bridgehead atoms. The van der Waals surface area contributed by atoms with Gasteiger partial charge in [-0.3, -0.25) is 9.59 Å². The summed E-state index contributed by atoms with van der Waals surface area (Å²) in [4.78, 5) is 26.3. The van der Waals surface area contributed by atoms with Gasteiger partial charge in [0.2, 0.25) is 6.41 Å². The highest BCUT2D eigenvalue weighted by Crippen LogP contribution is 2.36. The predicted octanol–water partition coefficient (Wildman–Crippen LogP) is 5.00. The highest BCUT2D eigenvalue weighted by atomic mass is 32.2. The highest BCUT2D eigenvalue weighted by molar-refractivity contribution is 7.99. The molecule has 4 N–H and O–H groups in total. The van der Waals surface area contributed by atoms with Crippen molar-refractivity contribution in [1.29, 1.82) is 0 Å². The van der Waals surface area contributed by atoms with Crippen LogP contribution in [0.25, 0.3) is 0 Å². The van der Waals surface area contributed by atoms with Crippen LogP contribution < -0.4 is 10.6 Å². The number of piperidine rings is 1. The first-order valence-electron chi connectivity index (χ1n) is 14.5. The topological polar surface area (TPSA) is 102 Å². The number of phenols is 1. The first kappa shape index (κ1) is 32.0. The van der Waals surface area contributed by atoms with E-state index in [0.717, 1.165) is 29.8 Å². The number of hydrogen-bond acceptors (Lipinski definition) is 6. The number of nitrogens with one attached hydrogen (secondary N) is 2. The van der Waals surface area contributed by atoms with Crippen LogP contribution in [-0.4, -0.2) is 70.5 Å². The van der Waals surface area contributed by atoms with Gasteiger partial charge in [0.15, 0.2) is 0 Å². The number of carbonyl (C=O) groups is 2. The average molecular weight is 570 g/mol. The summed E-state index contributed by atoms with van der Waals surface area (Å²) >= 11 is 1.64. The van der Waals surface area contributed by atoms with Crippen molar-refractivity contribution < 1.29 is 19.8 Å². The molecule has 8 heteroatoms. The van der Waals surface area contributed by atoms with Crippen LogP contribution in [0.15, 0.2) is 53.4 Å². The maximum Gasteiger partial charge on any atom is 0.252 e. The largest absolute Gasteiger partial charge is 0.508 e. The molecule has 4 rings (SSSR count). The second-order valence-corrected chi connectivity index (χ2v) is 13.2. The van der Waals surface area contributed by atoms with Crippen molar-refractivity contribution in [2.24, 2.45) is 11.8 Å². The lowest BCUT2D eigenvalue weighted by Gasteiger charge is -2.42. The lowest BCUT2D eigenvalue weighted by atomic mass is 9.75. The Hall–Kier alpha value is -2.55. The molecule has 2 aromatic carbocycles. The minimum Gasteiger partial charge on any atom is -0.508 e. The number of amides is 2. The first-order chi connectivity index (χ1) is 19.1. The second kappa shape index (κ2) is 15.5. The summed E-state index contributed by atoms with van der Waals surface area (Å²) in [6.45, 7) is 10.2. The molecule has 1 saturated heterocycles. The van der Waals surface area contributed by atoms with Gasteiger partial charge in [0.25, 0.3) is 5.91 Å². The molecule has 1 aliphatic carbocycles. The van der Waals surface area contributed by atoms with Crippen LogP contribution in [0.5, 0.6) is 5.75 Å².